The van der Waals surface area contributed by atoms with Crippen molar-refractivity contribution in [2.75, 3.05) is 0 Å². The summed E-state index contributed by atoms with van der Waals surface area (Å²) in [5.41, 5.74) is 1.16. The first-order valence-electron chi connectivity index (χ1n) is 5.64. The molecule has 3 heteroatoms. The van der Waals surface area contributed by atoms with Crippen LogP contribution in [0, 0.1) is 11.8 Å². The summed E-state index contributed by atoms with van der Waals surface area (Å²) in [7, 11) is 0. The first-order chi connectivity index (χ1) is 7.66. The van der Waals surface area contributed by atoms with Crippen LogP contribution in [-0.4, -0.2) is 11.1 Å². The maximum Gasteiger partial charge on any atom is 0.306 e. The third-order valence-corrected chi connectivity index (χ3v) is 3.42. The monoisotopic (exact) mass is 238 g/mol. The van der Waals surface area contributed by atoms with E-state index in [1.165, 1.54) is 0 Å². The van der Waals surface area contributed by atoms with Crippen molar-refractivity contribution < 1.29 is 9.90 Å². The molecule has 86 valence electrons. The van der Waals surface area contributed by atoms with Gasteiger partial charge in [0.1, 0.15) is 0 Å². The Morgan fingerprint density at radius 2 is 2.00 bits per heavy atom. The van der Waals surface area contributed by atoms with E-state index in [4.69, 9.17) is 16.7 Å². The van der Waals surface area contributed by atoms with Crippen LogP contribution in [0.2, 0.25) is 5.02 Å². The van der Waals surface area contributed by atoms with Crippen molar-refractivity contribution in [3.05, 3.63) is 34.9 Å². The fourth-order valence-electron chi connectivity index (χ4n) is 2.03. The molecule has 1 aromatic rings. The standard InChI is InChI=1S/C13H15ClO2/c14-11-6-1-9(2-7-11)3-8-12(13(15)16)10-4-5-10/h1-2,6-7,10,12H,3-5,8H2,(H,15,16). The molecule has 1 aliphatic carbocycles. The van der Waals surface area contributed by atoms with Gasteiger partial charge >= 0.3 is 5.97 Å². The molecule has 1 fully saturated rings. The lowest BCUT2D eigenvalue weighted by atomic mass is 9.95. The van der Waals surface area contributed by atoms with Gasteiger partial charge in [0.05, 0.1) is 5.92 Å². The van der Waals surface area contributed by atoms with Gasteiger partial charge < -0.3 is 5.11 Å². The van der Waals surface area contributed by atoms with Gasteiger partial charge in [0.2, 0.25) is 0 Å². The number of aliphatic carboxylic acids is 1. The number of rotatable bonds is 5. The van der Waals surface area contributed by atoms with Crippen LogP contribution in [0.5, 0.6) is 0 Å². The summed E-state index contributed by atoms with van der Waals surface area (Å²) >= 11 is 5.79. The third-order valence-electron chi connectivity index (χ3n) is 3.17. The summed E-state index contributed by atoms with van der Waals surface area (Å²) in [6.45, 7) is 0. The van der Waals surface area contributed by atoms with Crippen LogP contribution < -0.4 is 0 Å². The lowest BCUT2D eigenvalue weighted by Crippen LogP contribution is -2.16. The van der Waals surface area contributed by atoms with Gasteiger partial charge in [0, 0.05) is 5.02 Å². The molecule has 1 N–H and O–H groups in total. The van der Waals surface area contributed by atoms with E-state index < -0.39 is 5.97 Å². The van der Waals surface area contributed by atoms with Crippen LogP contribution in [0.3, 0.4) is 0 Å². The highest BCUT2D eigenvalue weighted by Crippen LogP contribution is 2.39. The SMILES string of the molecule is O=C(O)C(CCc1ccc(Cl)cc1)C1CC1. The van der Waals surface area contributed by atoms with E-state index in [-0.39, 0.29) is 5.92 Å². The average molecular weight is 239 g/mol. The number of hydrogen-bond acceptors (Lipinski definition) is 1. The van der Waals surface area contributed by atoms with Gasteiger partial charge in [-0.25, -0.2) is 0 Å². The molecule has 0 bridgehead atoms. The van der Waals surface area contributed by atoms with Crippen molar-refractivity contribution in [2.24, 2.45) is 11.8 Å². The molecule has 2 nitrogen and oxygen atoms in total. The van der Waals surface area contributed by atoms with Gasteiger partial charge in [-0.05, 0) is 49.3 Å². The third kappa shape index (κ3) is 2.99. The van der Waals surface area contributed by atoms with Crippen molar-refractivity contribution in [1.82, 2.24) is 0 Å². The minimum absolute atomic E-state index is 0.157. The molecule has 0 spiro atoms. The molecule has 0 heterocycles. The normalized spacial score (nSPS) is 17.1. The highest BCUT2D eigenvalue weighted by molar-refractivity contribution is 6.30. The van der Waals surface area contributed by atoms with Crippen LogP contribution in [0.25, 0.3) is 0 Å². The smallest absolute Gasteiger partial charge is 0.306 e. The summed E-state index contributed by atoms with van der Waals surface area (Å²) in [5, 5.41) is 9.81. The predicted molar refractivity (Wildman–Crippen MR) is 63.6 cm³/mol. The molecule has 2 rings (SSSR count). The van der Waals surface area contributed by atoms with Crippen LogP contribution >= 0.6 is 11.6 Å². The van der Waals surface area contributed by atoms with E-state index in [0.717, 1.165) is 36.3 Å². The molecule has 0 saturated heterocycles. The van der Waals surface area contributed by atoms with E-state index in [2.05, 4.69) is 0 Å². The van der Waals surface area contributed by atoms with Gasteiger partial charge in [-0.2, -0.15) is 0 Å². The van der Waals surface area contributed by atoms with E-state index in [9.17, 15) is 4.79 Å². The van der Waals surface area contributed by atoms with Gasteiger partial charge in [0.15, 0.2) is 0 Å². The quantitative estimate of drug-likeness (QED) is 0.854. The molecule has 1 aromatic carbocycles. The summed E-state index contributed by atoms with van der Waals surface area (Å²) in [6, 6.07) is 7.63. The molecule has 0 amide bonds. The highest BCUT2D eigenvalue weighted by atomic mass is 35.5. The number of carboxylic acid groups (broad SMARTS) is 1. The fourth-order valence-corrected chi connectivity index (χ4v) is 2.16. The molecule has 0 aromatic heterocycles. The molecule has 1 atom stereocenters. The second-order valence-corrected chi connectivity index (χ2v) is 4.88. The molecule has 0 radical (unpaired) electrons. The number of hydrogen-bond donors (Lipinski definition) is 1. The molecule has 0 aliphatic heterocycles. The van der Waals surface area contributed by atoms with Gasteiger partial charge in [-0.3, -0.25) is 4.79 Å². The van der Waals surface area contributed by atoms with Gasteiger partial charge in [0.25, 0.3) is 0 Å². The molecular weight excluding hydrogens is 224 g/mol. The van der Waals surface area contributed by atoms with E-state index in [0.29, 0.717) is 5.92 Å². The van der Waals surface area contributed by atoms with Crippen LogP contribution in [0.4, 0.5) is 0 Å². The zero-order chi connectivity index (χ0) is 11.5. The zero-order valence-corrected chi connectivity index (χ0v) is 9.78. The van der Waals surface area contributed by atoms with Crippen molar-refractivity contribution >= 4 is 17.6 Å². The number of carbonyl (C=O) groups is 1. The van der Waals surface area contributed by atoms with Crippen molar-refractivity contribution in [3.63, 3.8) is 0 Å². The number of aryl methyl sites for hydroxylation is 1. The molecule has 1 saturated carbocycles. The highest BCUT2D eigenvalue weighted by Gasteiger charge is 2.35. The summed E-state index contributed by atoms with van der Waals surface area (Å²) in [5.74, 6) is -0.378. The Labute approximate surface area is 100 Å². The van der Waals surface area contributed by atoms with Crippen LogP contribution in [-0.2, 0) is 11.2 Å². The number of carboxylic acids is 1. The summed E-state index contributed by atoms with van der Waals surface area (Å²) in [4.78, 5) is 11.0. The Hall–Kier alpha value is -1.02. The Morgan fingerprint density at radius 1 is 1.38 bits per heavy atom. The molecule has 16 heavy (non-hydrogen) atoms. The second kappa shape index (κ2) is 4.88. The number of halogens is 1. The molecular formula is C13H15ClO2. The van der Waals surface area contributed by atoms with E-state index in [1.807, 2.05) is 24.3 Å². The topological polar surface area (TPSA) is 37.3 Å². The lowest BCUT2D eigenvalue weighted by molar-refractivity contribution is -0.142. The Bertz CT molecular complexity index is 368. The van der Waals surface area contributed by atoms with Crippen LogP contribution in [0.1, 0.15) is 24.8 Å². The first kappa shape index (κ1) is 11.5. The lowest BCUT2D eigenvalue weighted by Gasteiger charge is -2.10. The minimum atomic E-state index is -0.642. The molecule has 1 aliphatic rings. The zero-order valence-electron chi connectivity index (χ0n) is 9.03. The van der Waals surface area contributed by atoms with E-state index >= 15 is 0 Å². The largest absolute Gasteiger partial charge is 0.481 e. The van der Waals surface area contributed by atoms with Gasteiger partial charge in [-0.15, -0.1) is 0 Å². The Balaban J connectivity index is 1.90. The second-order valence-electron chi connectivity index (χ2n) is 4.45. The summed E-state index contributed by atoms with van der Waals surface area (Å²) < 4.78 is 0. The maximum atomic E-state index is 11.0. The minimum Gasteiger partial charge on any atom is -0.481 e. The van der Waals surface area contributed by atoms with Crippen molar-refractivity contribution in [3.8, 4) is 0 Å². The summed E-state index contributed by atoms with van der Waals surface area (Å²) in [6.07, 6.45) is 3.72. The Morgan fingerprint density at radius 3 is 2.50 bits per heavy atom. The van der Waals surface area contributed by atoms with Crippen molar-refractivity contribution in [1.29, 1.82) is 0 Å². The predicted octanol–water partition coefficient (Wildman–Crippen LogP) is 3.38. The number of benzene rings is 1. The first-order valence-corrected chi connectivity index (χ1v) is 6.02. The fraction of sp³-hybridized carbons (Fsp3) is 0.462. The Kier molecular flexibility index (Phi) is 3.49. The van der Waals surface area contributed by atoms with Crippen molar-refractivity contribution in [2.45, 2.75) is 25.7 Å². The van der Waals surface area contributed by atoms with E-state index in [1.54, 1.807) is 0 Å². The van der Waals surface area contributed by atoms with Crippen LogP contribution in [0.15, 0.2) is 24.3 Å². The maximum absolute atomic E-state index is 11.0. The van der Waals surface area contributed by atoms with Gasteiger partial charge in [-0.1, -0.05) is 23.7 Å². The average Bonchev–Trinajstić information content (AvgIpc) is 3.05. The molecule has 1 unspecified atom stereocenters.